The van der Waals surface area contributed by atoms with E-state index in [1.54, 1.807) is 12.1 Å². The van der Waals surface area contributed by atoms with Crippen LogP contribution in [-0.2, 0) is 14.3 Å². The van der Waals surface area contributed by atoms with Crippen molar-refractivity contribution in [2.45, 2.75) is 37.6 Å². The Morgan fingerprint density at radius 1 is 1.03 bits per heavy atom. The molecule has 5 atom stereocenters. The Kier molecular flexibility index (Phi) is 6.94. The highest BCUT2D eigenvalue weighted by Gasteiger charge is 2.45. The summed E-state index contributed by atoms with van der Waals surface area (Å²) in [5, 5.41) is 40.4. The van der Waals surface area contributed by atoms with Gasteiger partial charge in [0.1, 0.15) is 48.6 Å². The molecule has 4 rings (SSSR count). The largest absolute Gasteiger partial charge is 0.508 e. The lowest BCUT2D eigenvalue weighted by Crippen LogP contribution is -2.60. The summed E-state index contributed by atoms with van der Waals surface area (Å²) in [7, 11) is 1.35. The van der Waals surface area contributed by atoms with Gasteiger partial charge in [-0.1, -0.05) is 12.1 Å². The number of ether oxygens (including phenoxy) is 4. The van der Waals surface area contributed by atoms with Crippen LogP contribution in [0.1, 0.15) is 6.92 Å². The van der Waals surface area contributed by atoms with Crippen LogP contribution in [0.5, 0.6) is 17.2 Å². The smallest absolute Gasteiger partial charge is 0.302 e. The van der Waals surface area contributed by atoms with Crippen molar-refractivity contribution in [3.63, 3.8) is 0 Å². The minimum Gasteiger partial charge on any atom is -0.508 e. The van der Waals surface area contributed by atoms with Crippen LogP contribution in [-0.4, -0.2) is 70.8 Å². The summed E-state index contributed by atoms with van der Waals surface area (Å²) in [5.41, 5.74) is 0.610. The van der Waals surface area contributed by atoms with Gasteiger partial charge in [-0.25, -0.2) is 0 Å². The van der Waals surface area contributed by atoms with Crippen molar-refractivity contribution in [2.75, 3.05) is 13.7 Å². The number of rotatable bonds is 6. The van der Waals surface area contributed by atoms with E-state index in [2.05, 4.69) is 0 Å². The molecule has 1 fully saturated rings. The number of aliphatic hydroxyl groups excluding tert-OH is 3. The number of fused-ring (bicyclic) bond motifs is 1. The summed E-state index contributed by atoms with van der Waals surface area (Å²) >= 11 is 0. The third-order valence-electron chi connectivity index (χ3n) is 5.60. The maximum absolute atomic E-state index is 13.1. The number of carbonyl (C=O) groups excluding carboxylic acids is 1. The predicted molar refractivity (Wildman–Crippen MR) is 120 cm³/mol. The highest BCUT2D eigenvalue weighted by Crippen LogP contribution is 2.35. The van der Waals surface area contributed by atoms with E-state index in [-0.39, 0.29) is 45.8 Å². The first-order valence-corrected chi connectivity index (χ1v) is 10.6. The van der Waals surface area contributed by atoms with Crippen molar-refractivity contribution in [2.24, 2.45) is 0 Å². The Morgan fingerprint density at radius 3 is 2.40 bits per heavy atom. The predicted octanol–water partition coefficient (Wildman–Crippen LogP) is 0.924. The van der Waals surface area contributed by atoms with Gasteiger partial charge < -0.3 is 43.8 Å². The van der Waals surface area contributed by atoms with Gasteiger partial charge in [-0.3, -0.25) is 9.59 Å². The molecule has 0 spiro atoms. The van der Waals surface area contributed by atoms with Gasteiger partial charge in [-0.2, -0.15) is 0 Å². The maximum Gasteiger partial charge on any atom is 0.302 e. The van der Waals surface area contributed by atoms with Crippen molar-refractivity contribution < 1.29 is 48.6 Å². The number of aliphatic hydroxyl groups is 3. The van der Waals surface area contributed by atoms with Crippen LogP contribution < -0.4 is 14.9 Å². The molecule has 4 N–H and O–H groups in total. The topological polar surface area (TPSA) is 165 Å². The van der Waals surface area contributed by atoms with Gasteiger partial charge in [0.05, 0.1) is 18.1 Å². The molecule has 2 aromatic carbocycles. The molecule has 3 aromatic rings. The van der Waals surface area contributed by atoms with E-state index in [4.69, 9.17) is 23.4 Å². The third-order valence-corrected chi connectivity index (χ3v) is 5.60. The van der Waals surface area contributed by atoms with Crippen LogP contribution >= 0.6 is 0 Å². The molecule has 11 nitrogen and oxygen atoms in total. The first kappa shape index (κ1) is 24.5. The minimum absolute atomic E-state index is 0.0272. The van der Waals surface area contributed by atoms with Crippen LogP contribution in [0.3, 0.4) is 0 Å². The Morgan fingerprint density at radius 2 is 1.74 bits per heavy atom. The molecular formula is C24H24O11. The van der Waals surface area contributed by atoms with E-state index in [1.807, 2.05) is 0 Å². The molecule has 0 bridgehead atoms. The zero-order valence-corrected chi connectivity index (χ0v) is 18.8. The first-order valence-electron chi connectivity index (χ1n) is 10.6. The monoisotopic (exact) mass is 488 g/mol. The van der Waals surface area contributed by atoms with Crippen molar-refractivity contribution in [3.8, 4) is 28.4 Å². The van der Waals surface area contributed by atoms with Crippen LogP contribution in [0.25, 0.3) is 22.1 Å². The number of aromatic hydroxyl groups is 1. The van der Waals surface area contributed by atoms with Crippen LogP contribution in [0.4, 0.5) is 0 Å². The van der Waals surface area contributed by atoms with Crippen LogP contribution in [0.15, 0.2) is 51.9 Å². The average molecular weight is 488 g/mol. The lowest BCUT2D eigenvalue weighted by atomic mass is 9.99. The molecule has 1 aromatic heterocycles. The van der Waals surface area contributed by atoms with Gasteiger partial charge in [0, 0.05) is 13.0 Å². The summed E-state index contributed by atoms with van der Waals surface area (Å²) in [6, 6.07) is 8.83. The zero-order valence-electron chi connectivity index (χ0n) is 18.8. The molecule has 2 unspecified atom stereocenters. The number of phenols is 1. The van der Waals surface area contributed by atoms with E-state index in [0.29, 0.717) is 5.56 Å². The molecule has 186 valence electrons. The van der Waals surface area contributed by atoms with E-state index >= 15 is 0 Å². The molecular weight excluding hydrogens is 464 g/mol. The summed E-state index contributed by atoms with van der Waals surface area (Å²) < 4.78 is 27.1. The summed E-state index contributed by atoms with van der Waals surface area (Å²) in [4.78, 5) is 24.2. The number of carbonyl (C=O) groups is 1. The molecule has 11 heteroatoms. The highest BCUT2D eigenvalue weighted by molar-refractivity contribution is 5.84. The highest BCUT2D eigenvalue weighted by atomic mass is 16.7. The molecule has 1 saturated heterocycles. The Balaban J connectivity index is 1.66. The van der Waals surface area contributed by atoms with Gasteiger partial charge in [0.15, 0.2) is 11.5 Å². The molecule has 2 heterocycles. The third kappa shape index (κ3) is 4.93. The fraction of sp³-hybridized carbons (Fsp3) is 0.333. The molecule has 0 radical (unpaired) electrons. The van der Waals surface area contributed by atoms with Crippen molar-refractivity contribution in [1.82, 2.24) is 0 Å². The van der Waals surface area contributed by atoms with Crippen LogP contribution in [0, 0.1) is 0 Å². The molecule has 35 heavy (non-hydrogen) atoms. The first-order chi connectivity index (χ1) is 16.7. The standard InChI is InChI=1S/C24H24O11/c1-11(25)32-10-19-21(28)22(29)23(30)24(35-19)34-18-8-16-14(7-17(18)31-2)20(27)15(9-33-16)12-3-5-13(26)6-4-12/h3-9,19,21-24,26,28-30H,10H2,1-2H3/t19?,21-,22-,23?,24-/m1/s1. The molecule has 0 aliphatic carbocycles. The lowest BCUT2D eigenvalue weighted by molar-refractivity contribution is -0.278. The zero-order chi connectivity index (χ0) is 25.3. The second-order valence-corrected chi connectivity index (χ2v) is 7.96. The number of phenolic OH excluding ortho intramolecular Hbond substituents is 1. The molecule has 1 aliphatic heterocycles. The number of esters is 1. The Hall–Kier alpha value is -3.64. The number of benzene rings is 2. The van der Waals surface area contributed by atoms with Gasteiger partial charge in [0.2, 0.25) is 11.7 Å². The Bertz CT molecular complexity index is 1270. The summed E-state index contributed by atoms with van der Waals surface area (Å²) in [5.74, 6) is -0.418. The van der Waals surface area contributed by atoms with Gasteiger partial charge in [-0.15, -0.1) is 0 Å². The summed E-state index contributed by atoms with van der Waals surface area (Å²) in [6.07, 6.45) is -6.19. The molecule has 0 saturated carbocycles. The summed E-state index contributed by atoms with van der Waals surface area (Å²) in [6.45, 7) is 0.805. The average Bonchev–Trinajstić information content (AvgIpc) is 2.84. The minimum atomic E-state index is -1.65. The van der Waals surface area contributed by atoms with Crippen molar-refractivity contribution in [1.29, 1.82) is 0 Å². The number of hydrogen-bond donors (Lipinski definition) is 4. The normalized spacial score (nSPS) is 24.2. The van der Waals surface area contributed by atoms with Gasteiger partial charge in [0.25, 0.3) is 0 Å². The van der Waals surface area contributed by atoms with E-state index in [0.717, 1.165) is 0 Å². The molecule has 1 aliphatic rings. The maximum atomic E-state index is 13.1. The number of methoxy groups -OCH3 is 1. The van der Waals surface area contributed by atoms with E-state index in [9.17, 15) is 30.0 Å². The number of hydrogen-bond acceptors (Lipinski definition) is 11. The van der Waals surface area contributed by atoms with Crippen molar-refractivity contribution >= 4 is 16.9 Å². The Labute approximate surface area is 198 Å². The molecule has 0 amide bonds. The quantitative estimate of drug-likeness (QED) is 0.365. The van der Waals surface area contributed by atoms with Gasteiger partial charge in [-0.05, 0) is 23.8 Å². The van der Waals surface area contributed by atoms with E-state index in [1.165, 1.54) is 44.6 Å². The fourth-order valence-electron chi connectivity index (χ4n) is 3.71. The fourth-order valence-corrected chi connectivity index (χ4v) is 3.71. The van der Waals surface area contributed by atoms with E-state index < -0.39 is 36.7 Å². The SMILES string of the molecule is COc1cc2c(=O)c(-c3ccc(O)cc3)coc2cc1O[C@@H]1OC(COC(C)=O)[C@@H](O)[C@@H](O)C1O. The van der Waals surface area contributed by atoms with Crippen molar-refractivity contribution in [3.05, 3.63) is 52.9 Å². The lowest BCUT2D eigenvalue weighted by Gasteiger charge is -2.39. The van der Waals surface area contributed by atoms with Crippen LogP contribution in [0.2, 0.25) is 0 Å². The second kappa shape index (κ2) is 9.92. The second-order valence-electron chi connectivity index (χ2n) is 7.96. The van der Waals surface area contributed by atoms with Gasteiger partial charge >= 0.3 is 5.97 Å².